The molecule has 0 radical (unpaired) electrons. The Morgan fingerprint density at radius 2 is 2.26 bits per heavy atom. The molecule has 2 aromatic rings. The Morgan fingerprint density at radius 3 is 3.09 bits per heavy atom. The van der Waals surface area contributed by atoms with Crippen molar-refractivity contribution in [2.45, 2.75) is 32.2 Å². The number of ether oxygens (including phenoxy) is 2. The summed E-state index contributed by atoms with van der Waals surface area (Å²) >= 11 is 6.26. The van der Waals surface area contributed by atoms with Gasteiger partial charge < -0.3 is 14.0 Å². The predicted molar refractivity (Wildman–Crippen MR) is 83.9 cm³/mol. The van der Waals surface area contributed by atoms with Crippen molar-refractivity contribution in [2.24, 2.45) is 0 Å². The highest BCUT2D eigenvalue weighted by Gasteiger charge is 2.26. The molecule has 1 atom stereocenters. The Balaban J connectivity index is 1.47. The number of likely N-dealkylation sites (tertiary alicyclic amines) is 1. The number of aryl methyl sites for hydroxylation is 1. The van der Waals surface area contributed by atoms with Crippen LogP contribution in [-0.2, 0) is 6.54 Å². The fourth-order valence-corrected chi connectivity index (χ4v) is 3.55. The molecular weight excluding hydrogens is 318 g/mol. The van der Waals surface area contributed by atoms with E-state index in [-0.39, 0.29) is 6.79 Å². The lowest BCUT2D eigenvalue weighted by Crippen LogP contribution is -2.34. The largest absolute Gasteiger partial charge is 0.454 e. The SMILES string of the molecule is Cc1nc([C@@H]2CCCN(Cc3cc(Cl)c4c(c3)OCO4)C2)no1. The van der Waals surface area contributed by atoms with Crippen LogP contribution < -0.4 is 9.47 Å². The fourth-order valence-electron chi connectivity index (χ4n) is 3.26. The average Bonchev–Trinajstić information content (AvgIpc) is 3.16. The van der Waals surface area contributed by atoms with E-state index in [2.05, 4.69) is 15.0 Å². The third kappa shape index (κ3) is 3.01. The molecule has 1 fully saturated rings. The maximum Gasteiger partial charge on any atom is 0.231 e. The number of aromatic nitrogens is 2. The Kier molecular flexibility index (Phi) is 3.87. The zero-order valence-corrected chi connectivity index (χ0v) is 13.7. The molecule has 0 amide bonds. The molecule has 1 aromatic heterocycles. The minimum Gasteiger partial charge on any atom is -0.454 e. The number of nitrogens with zero attached hydrogens (tertiary/aromatic N) is 3. The van der Waals surface area contributed by atoms with Crippen molar-refractivity contribution in [3.05, 3.63) is 34.4 Å². The first-order valence-electron chi connectivity index (χ1n) is 7.79. The van der Waals surface area contributed by atoms with E-state index in [0.717, 1.165) is 49.6 Å². The van der Waals surface area contributed by atoms with Gasteiger partial charge in [0.25, 0.3) is 0 Å². The third-order valence-electron chi connectivity index (χ3n) is 4.31. The number of hydrogen-bond donors (Lipinski definition) is 0. The van der Waals surface area contributed by atoms with Gasteiger partial charge in [-0.1, -0.05) is 16.8 Å². The van der Waals surface area contributed by atoms with E-state index in [0.29, 0.717) is 22.6 Å². The highest BCUT2D eigenvalue weighted by Crippen LogP contribution is 2.40. The minimum absolute atomic E-state index is 0.238. The quantitative estimate of drug-likeness (QED) is 0.858. The van der Waals surface area contributed by atoms with Gasteiger partial charge >= 0.3 is 0 Å². The van der Waals surface area contributed by atoms with Gasteiger partial charge in [0, 0.05) is 25.9 Å². The van der Waals surface area contributed by atoms with E-state index in [1.54, 1.807) is 0 Å². The average molecular weight is 336 g/mol. The summed E-state index contributed by atoms with van der Waals surface area (Å²) in [5.41, 5.74) is 1.13. The van der Waals surface area contributed by atoms with Gasteiger partial charge in [-0.25, -0.2) is 0 Å². The summed E-state index contributed by atoms with van der Waals surface area (Å²) in [6.07, 6.45) is 2.22. The number of rotatable bonds is 3. The van der Waals surface area contributed by atoms with Gasteiger partial charge in [-0.3, -0.25) is 4.90 Å². The number of piperidine rings is 1. The summed E-state index contributed by atoms with van der Waals surface area (Å²) in [7, 11) is 0. The number of hydrogen-bond acceptors (Lipinski definition) is 6. The molecule has 2 aliphatic heterocycles. The van der Waals surface area contributed by atoms with Crippen molar-refractivity contribution in [1.82, 2.24) is 15.0 Å². The summed E-state index contributed by atoms with van der Waals surface area (Å²) < 4.78 is 15.9. The molecule has 23 heavy (non-hydrogen) atoms. The van der Waals surface area contributed by atoms with Crippen molar-refractivity contribution in [3.63, 3.8) is 0 Å². The highest BCUT2D eigenvalue weighted by molar-refractivity contribution is 6.32. The van der Waals surface area contributed by atoms with Crippen LogP contribution >= 0.6 is 11.6 Å². The third-order valence-corrected chi connectivity index (χ3v) is 4.59. The Hall–Kier alpha value is -1.79. The summed E-state index contributed by atoms with van der Waals surface area (Å²) in [5, 5.41) is 4.68. The Morgan fingerprint density at radius 1 is 1.35 bits per heavy atom. The van der Waals surface area contributed by atoms with E-state index >= 15 is 0 Å². The molecule has 3 heterocycles. The highest BCUT2D eigenvalue weighted by atomic mass is 35.5. The lowest BCUT2D eigenvalue weighted by atomic mass is 9.97. The van der Waals surface area contributed by atoms with Crippen LogP contribution in [0.1, 0.15) is 36.0 Å². The van der Waals surface area contributed by atoms with Crippen molar-refractivity contribution < 1.29 is 14.0 Å². The summed E-state index contributed by atoms with van der Waals surface area (Å²) in [6, 6.07) is 3.97. The number of fused-ring (bicyclic) bond motifs is 1. The number of benzene rings is 1. The second-order valence-corrected chi connectivity index (χ2v) is 6.46. The Labute approximate surface area is 139 Å². The summed E-state index contributed by atoms with van der Waals surface area (Å²) in [6.45, 7) is 4.86. The monoisotopic (exact) mass is 335 g/mol. The van der Waals surface area contributed by atoms with Gasteiger partial charge in [0.05, 0.1) is 5.02 Å². The molecule has 6 nitrogen and oxygen atoms in total. The Bertz CT molecular complexity index is 719. The topological polar surface area (TPSA) is 60.6 Å². The first-order valence-corrected chi connectivity index (χ1v) is 8.17. The van der Waals surface area contributed by atoms with Crippen LogP contribution in [-0.4, -0.2) is 34.9 Å². The van der Waals surface area contributed by atoms with Crippen molar-refractivity contribution in [1.29, 1.82) is 0 Å². The number of halogens is 1. The molecular formula is C16H18ClN3O3. The first-order chi connectivity index (χ1) is 11.2. The lowest BCUT2D eigenvalue weighted by Gasteiger charge is -2.31. The van der Waals surface area contributed by atoms with E-state index in [4.69, 9.17) is 25.6 Å². The van der Waals surface area contributed by atoms with Crippen LogP contribution in [0.3, 0.4) is 0 Å². The second kappa shape index (κ2) is 6.02. The molecule has 122 valence electrons. The molecule has 0 N–H and O–H groups in total. The van der Waals surface area contributed by atoms with Crippen LogP contribution in [0, 0.1) is 6.92 Å². The van der Waals surface area contributed by atoms with Gasteiger partial charge in [0.15, 0.2) is 17.3 Å². The molecule has 7 heteroatoms. The van der Waals surface area contributed by atoms with Crippen molar-refractivity contribution >= 4 is 11.6 Å². The van der Waals surface area contributed by atoms with Crippen LogP contribution in [0.5, 0.6) is 11.5 Å². The molecule has 4 rings (SSSR count). The molecule has 0 saturated carbocycles. The smallest absolute Gasteiger partial charge is 0.231 e. The van der Waals surface area contributed by atoms with Gasteiger partial charge in [-0.05, 0) is 37.1 Å². The lowest BCUT2D eigenvalue weighted by molar-refractivity contribution is 0.173. The van der Waals surface area contributed by atoms with Crippen LogP contribution in [0.4, 0.5) is 0 Å². The van der Waals surface area contributed by atoms with Crippen LogP contribution in [0.15, 0.2) is 16.7 Å². The molecule has 0 unspecified atom stereocenters. The second-order valence-electron chi connectivity index (χ2n) is 6.06. The summed E-state index contributed by atoms with van der Waals surface area (Å²) in [4.78, 5) is 6.77. The molecule has 2 aliphatic rings. The van der Waals surface area contributed by atoms with Crippen molar-refractivity contribution in [2.75, 3.05) is 19.9 Å². The van der Waals surface area contributed by atoms with E-state index in [9.17, 15) is 0 Å². The van der Waals surface area contributed by atoms with E-state index in [1.165, 1.54) is 0 Å². The summed E-state index contributed by atoms with van der Waals surface area (Å²) in [5.74, 6) is 3.14. The molecule has 0 spiro atoms. The maximum atomic E-state index is 6.26. The van der Waals surface area contributed by atoms with Gasteiger partial charge in [0.2, 0.25) is 12.7 Å². The van der Waals surface area contributed by atoms with E-state index in [1.807, 2.05) is 19.1 Å². The first kappa shape index (κ1) is 14.8. The molecule has 0 aliphatic carbocycles. The molecule has 1 aromatic carbocycles. The van der Waals surface area contributed by atoms with Gasteiger partial charge in [-0.15, -0.1) is 0 Å². The van der Waals surface area contributed by atoms with Crippen LogP contribution in [0.25, 0.3) is 0 Å². The van der Waals surface area contributed by atoms with Crippen molar-refractivity contribution in [3.8, 4) is 11.5 Å². The standard InChI is InChI=1S/C16H18ClN3O3/c1-10-18-16(19-23-10)12-3-2-4-20(8-12)7-11-5-13(17)15-14(6-11)21-9-22-15/h5-6,12H,2-4,7-9H2,1H3/t12-/m1/s1. The zero-order valence-electron chi connectivity index (χ0n) is 12.9. The van der Waals surface area contributed by atoms with Crippen LogP contribution in [0.2, 0.25) is 5.02 Å². The molecule has 1 saturated heterocycles. The molecule has 0 bridgehead atoms. The fraction of sp³-hybridized carbons (Fsp3) is 0.500. The predicted octanol–water partition coefficient (Wildman–Crippen LogP) is 3.14. The van der Waals surface area contributed by atoms with Gasteiger partial charge in [0.1, 0.15) is 0 Å². The van der Waals surface area contributed by atoms with Gasteiger partial charge in [-0.2, -0.15) is 4.98 Å². The van der Waals surface area contributed by atoms with E-state index < -0.39 is 0 Å². The zero-order chi connectivity index (χ0) is 15.8. The minimum atomic E-state index is 0.238. The maximum absolute atomic E-state index is 6.26. The normalized spacial score (nSPS) is 20.9.